The van der Waals surface area contributed by atoms with Gasteiger partial charge in [0, 0.05) is 12.7 Å². The Morgan fingerprint density at radius 1 is 1.16 bits per heavy atom. The van der Waals surface area contributed by atoms with Crippen molar-refractivity contribution in [1.29, 1.82) is 0 Å². The van der Waals surface area contributed by atoms with Crippen molar-refractivity contribution in [1.82, 2.24) is 10.3 Å². The normalized spacial score (nSPS) is 13.4. The summed E-state index contributed by atoms with van der Waals surface area (Å²) in [6, 6.07) is 17.6. The van der Waals surface area contributed by atoms with Crippen LogP contribution < -0.4 is 10.2 Å². The topological polar surface area (TPSA) is 71.5 Å². The van der Waals surface area contributed by atoms with Gasteiger partial charge in [-0.05, 0) is 48.2 Å². The fourth-order valence-electron chi connectivity index (χ4n) is 3.55. The van der Waals surface area contributed by atoms with E-state index in [0.717, 1.165) is 28.4 Å². The van der Waals surface area contributed by atoms with Crippen molar-refractivity contribution in [2.45, 2.75) is 26.0 Å². The van der Waals surface area contributed by atoms with Crippen LogP contribution in [0.1, 0.15) is 40.0 Å². The molecule has 7 heteroatoms. The standard InChI is InChI=1S/C24H22FN3O3/c1-16(27-23(29)20-8-10-22(25)26-14-20)18-7-9-21-19(13-18)11-12-28(21)24(30)31-15-17-5-3-2-4-6-17/h2-10,13-14,16H,11-12,15H2,1H3,(H,27,29)/t16-/m1/s1. The molecular weight excluding hydrogens is 397 g/mol. The maximum atomic E-state index is 12.9. The number of aromatic nitrogens is 1. The molecule has 0 fully saturated rings. The Morgan fingerprint density at radius 3 is 2.71 bits per heavy atom. The Morgan fingerprint density at radius 2 is 1.97 bits per heavy atom. The van der Waals surface area contributed by atoms with Crippen LogP contribution >= 0.6 is 0 Å². The molecule has 4 rings (SSSR count). The number of carbonyl (C=O) groups is 2. The molecule has 6 nitrogen and oxygen atoms in total. The number of anilines is 1. The van der Waals surface area contributed by atoms with Gasteiger partial charge < -0.3 is 10.1 Å². The molecule has 3 aromatic rings. The quantitative estimate of drug-likeness (QED) is 0.622. The maximum absolute atomic E-state index is 12.9. The van der Waals surface area contributed by atoms with E-state index >= 15 is 0 Å². The minimum Gasteiger partial charge on any atom is -0.444 e. The lowest BCUT2D eigenvalue weighted by atomic mass is 10.0. The number of pyridine rings is 1. The number of halogens is 1. The molecule has 2 heterocycles. The monoisotopic (exact) mass is 419 g/mol. The lowest BCUT2D eigenvalue weighted by Gasteiger charge is -2.19. The summed E-state index contributed by atoms with van der Waals surface area (Å²) in [5, 5.41) is 2.89. The van der Waals surface area contributed by atoms with Crippen molar-refractivity contribution in [3.8, 4) is 0 Å². The molecule has 1 aromatic heterocycles. The highest BCUT2D eigenvalue weighted by Gasteiger charge is 2.26. The van der Waals surface area contributed by atoms with E-state index in [-0.39, 0.29) is 24.6 Å². The highest BCUT2D eigenvalue weighted by Crippen LogP contribution is 2.31. The van der Waals surface area contributed by atoms with Crippen molar-refractivity contribution >= 4 is 17.7 Å². The van der Waals surface area contributed by atoms with Gasteiger partial charge in [-0.3, -0.25) is 9.69 Å². The maximum Gasteiger partial charge on any atom is 0.414 e. The summed E-state index contributed by atoms with van der Waals surface area (Å²) < 4.78 is 18.4. The van der Waals surface area contributed by atoms with E-state index in [4.69, 9.17) is 4.74 Å². The van der Waals surface area contributed by atoms with Crippen LogP contribution in [0.2, 0.25) is 0 Å². The third kappa shape index (κ3) is 4.71. The number of hydrogen-bond acceptors (Lipinski definition) is 4. The number of hydrogen-bond donors (Lipinski definition) is 1. The molecule has 0 unspecified atom stereocenters. The molecule has 158 valence electrons. The van der Waals surface area contributed by atoms with E-state index in [9.17, 15) is 14.0 Å². The van der Waals surface area contributed by atoms with Gasteiger partial charge in [-0.2, -0.15) is 4.39 Å². The van der Waals surface area contributed by atoms with E-state index in [1.807, 2.05) is 55.5 Å². The Hall–Kier alpha value is -3.74. The molecule has 0 bridgehead atoms. The van der Waals surface area contributed by atoms with E-state index in [0.29, 0.717) is 18.5 Å². The van der Waals surface area contributed by atoms with Gasteiger partial charge in [0.25, 0.3) is 5.91 Å². The van der Waals surface area contributed by atoms with Crippen LogP contribution in [0.3, 0.4) is 0 Å². The SMILES string of the molecule is C[C@@H](NC(=O)c1ccc(F)nc1)c1ccc2c(c1)CCN2C(=O)OCc1ccccc1. The zero-order valence-electron chi connectivity index (χ0n) is 17.0. The van der Waals surface area contributed by atoms with Crippen LogP contribution in [0.4, 0.5) is 14.9 Å². The summed E-state index contributed by atoms with van der Waals surface area (Å²) in [5.74, 6) is -0.957. The van der Waals surface area contributed by atoms with Gasteiger partial charge in [-0.1, -0.05) is 42.5 Å². The van der Waals surface area contributed by atoms with Crippen LogP contribution in [-0.2, 0) is 17.8 Å². The van der Waals surface area contributed by atoms with Crippen molar-refractivity contribution in [2.75, 3.05) is 11.4 Å². The van der Waals surface area contributed by atoms with Gasteiger partial charge in [0.15, 0.2) is 0 Å². The average Bonchev–Trinajstić information content (AvgIpc) is 3.22. The van der Waals surface area contributed by atoms with E-state index in [2.05, 4.69) is 10.3 Å². The second-order valence-corrected chi connectivity index (χ2v) is 7.39. The van der Waals surface area contributed by atoms with Crippen LogP contribution in [0.15, 0.2) is 66.9 Å². The van der Waals surface area contributed by atoms with Gasteiger partial charge in [0.2, 0.25) is 5.95 Å². The summed E-state index contributed by atoms with van der Waals surface area (Å²) in [4.78, 5) is 30.0. The first-order valence-corrected chi connectivity index (χ1v) is 10.0. The molecule has 2 amide bonds. The van der Waals surface area contributed by atoms with Crippen molar-refractivity contribution < 1.29 is 18.7 Å². The molecular formula is C24H22FN3O3. The minimum atomic E-state index is -0.630. The Kier molecular flexibility index (Phi) is 5.93. The third-order valence-electron chi connectivity index (χ3n) is 5.26. The summed E-state index contributed by atoms with van der Waals surface area (Å²) in [5.41, 5.74) is 4.00. The number of rotatable bonds is 5. The van der Waals surface area contributed by atoms with Crippen molar-refractivity contribution in [2.24, 2.45) is 0 Å². The fraction of sp³-hybridized carbons (Fsp3) is 0.208. The average molecular weight is 419 g/mol. The van der Waals surface area contributed by atoms with Crippen molar-refractivity contribution in [3.63, 3.8) is 0 Å². The first kappa shape index (κ1) is 20.5. The largest absolute Gasteiger partial charge is 0.444 e. The fourth-order valence-corrected chi connectivity index (χ4v) is 3.55. The molecule has 0 saturated carbocycles. The van der Waals surface area contributed by atoms with Crippen LogP contribution in [0, 0.1) is 5.95 Å². The Bertz CT molecular complexity index is 1090. The molecule has 0 aliphatic carbocycles. The number of fused-ring (bicyclic) bond motifs is 1. The van der Waals surface area contributed by atoms with Gasteiger partial charge >= 0.3 is 6.09 Å². The highest BCUT2D eigenvalue weighted by molar-refractivity contribution is 5.94. The zero-order valence-corrected chi connectivity index (χ0v) is 17.0. The number of ether oxygens (including phenoxy) is 1. The van der Waals surface area contributed by atoms with Crippen molar-refractivity contribution in [3.05, 3.63) is 95.1 Å². The lowest BCUT2D eigenvalue weighted by molar-refractivity contribution is 0.0939. The number of nitrogens with zero attached hydrogens (tertiary/aromatic N) is 2. The Labute approximate surface area is 179 Å². The minimum absolute atomic E-state index is 0.227. The van der Waals surface area contributed by atoms with Crippen LogP contribution in [-0.4, -0.2) is 23.5 Å². The van der Waals surface area contributed by atoms with Gasteiger partial charge in [0.05, 0.1) is 17.3 Å². The van der Waals surface area contributed by atoms with Gasteiger partial charge in [-0.15, -0.1) is 0 Å². The predicted molar refractivity (Wildman–Crippen MR) is 114 cm³/mol. The highest BCUT2D eigenvalue weighted by atomic mass is 19.1. The van der Waals surface area contributed by atoms with Crippen LogP contribution in [0.25, 0.3) is 0 Å². The first-order valence-electron chi connectivity index (χ1n) is 10.0. The summed E-state index contributed by atoms with van der Waals surface area (Å²) in [6.07, 6.45) is 1.55. The van der Waals surface area contributed by atoms with Gasteiger partial charge in [-0.25, -0.2) is 9.78 Å². The van der Waals surface area contributed by atoms with Gasteiger partial charge in [0.1, 0.15) is 6.61 Å². The molecule has 2 aromatic carbocycles. The molecule has 31 heavy (non-hydrogen) atoms. The number of nitrogens with one attached hydrogen (secondary N) is 1. The third-order valence-corrected chi connectivity index (χ3v) is 5.26. The van der Waals surface area contributed by atoms with E-state index < -0.39 is 5.95 Å². The van der Waals surface area contributed by atoms with E-state index in [1.165, 1.54) is 12.3 Å². The Balaban J connectivity index is 1.40. The smallest absolute Gasteiger partial charge is 0.414 e. The summed E-state index contributed by atoms with van der Waals surface area (Å²) >= 11 is 0. The number of benzene rings is 2. The lowest BCUT2D eigenvalue weighted by Crippen LogP contribution is -2.29. The first-order chi connectivity index (χ1) is 15.0. The molecule has 0 spiro atoms. The second kappa shape index (κ2) is 8.95. The number of carbonyl (C=O) groups excluding carboxylic acids is 2. The zero-order chi connectivity index (χ0) is 21.8. The summed E-state index contributed by atoms with van der Waals surface area (Å²) in [7, 11) is 0. The molecule has 1 aliphatic heterocycles. The summed E-state index contributed by atoms with van der Waals surface area (Å²) in [6.45, 7) is 2.65. The number of amides is 2. The molecule has 1 aliphatic rings. The van der Waals surface area contributed by atoms with E-state index in [1.54, 1.807) is 4.90 Å². The molecule has 1 atom stereocenters. The second-order valence-electron chi connectivity index (χ2n) is 7.39. The van der Waals surface area contributed by atoms with Crippen LogP contribution in [0.5, 0.6) is 0 Å². The molecule has 0 saturated heterocycles. The predicted octanol–water partition coefficient (Wildman–Crippen LogP) is 4.41. The molecule has 1 N–H and O–H groups in total. The molecule has 0 radical (unpaired) electrons.